The Morgan fingerprint density at radius 1 is 1.41 bits per heavy atom. The predicted octanol–water partition coefficient (Wildman–Crippen LogP) is 0.765. The van der Waals surface area contributed by atoms with Gasteiger partial charge >= 0.3 is 5.97 Å². The zero-order valence-electron chi connectivity index (χ0n) is 11.3. The topological polar surface area (TPSA) is 99.6 Å². The summed E-state index contributed by atoms with van der Waals surface area (Å²) in [5.74, 6) is -1.16. The fraction of sp³-hybridized carbons (Fsp3) is 0.333. The van der Waals surface area contributed by atoms with Gasteiger partial charge in [-0.15, -0.1) is 23.7 Å². The number of piperazine rings is 1. The molecule has 1 aliphatic heterocycles. The van der Waals surface area contributed by atoms with Gasteiger partial charge in [0.15, 0.2) is 0 Å². The van der Waals surface area contributed by atoms with Crippen LogP contribution in [0.1, 0.15) is 0 Å². The lowest BCUT2D eigenvalue weighted by atomic mass is 10.2. The van der Waals surface area contributed by atoms with E-state index in [9.17, 15) is 18.3 Å². The van der Waals surface area contributed by atoms with E-state index in [1.165, 1.54) is 0 Å². The number of benzene rings is 1. The van der Waals surface area contributed by atoms with Gasteiger partial charge in [-0.1, -0.05) is 12.1 Å². The maximum absolute atomic E-state index is 12.7. The molecule has 2 aromatic rings. The van der Waals surface area contributed by atoms with Crippen LogP contribution in [-0.4, -0.2) is 54.5 Å². The SMILES string of the molecule is Cl.O=C(O)C1CNCCN1S(=O)(=O)c1nc2ccccc2s1. The van der Waals surface area contributed by atoms with Gasteiger partial charge in [-0.2, -0.15) is 4.31 Å². The molecule has 2 heterocycles. The molecule has 1 saturated heterocycles. The minimum atomic E-state index is -3.90. The maximum atomic E-state index is 12.7. The number of carbonyl (C=O) groups is 1. The highest BCUT2D eigenvalue weighted by Crippen LogP contribution is 2.28. The molecule has 0 spiro atoms. The monoisotopic (exact) mass is 363 g/mol. The first-order valence-corrected chi connectivity index (χ1v) is 8.57. The number of sulfonamides is 1. The molecule has 0 bridgehead atoms. The number of halogens is 1. The van der Waals surface area contributed by atoms with Gasteiger partial charge in [0.2, 0.25) is 4.34 Å². The largest absolute Gasteiger partial charge is 0.480 e. The van der Waals surface area contributed by atoms with E-state index in [1.54, 1.807) is 18.2 Å². The van der Waals surface area contributed by atoms with Gasteiger partial charge in [-0.25, -0.2) is 13.4 Å². The van der Waals surface area contributed by atoms with Crippen LogP contribution in [-0.2, 0) is 14.8 Å². The Hall–Kier alpha value is -1.26. The van der Waals surface area contributed by atoms with Crippen molar-refractivity contribution in [3.8, 4) is 0 Å². The van der Waals surface area contributed by atoms with E-state index >= 15 is 0 Å². The molecule has 3 rings (SSSR count). The molecule has 7 nitrogen and oxygen atoms in total. The second-order valence-electron chi connectivity index (χ2n) is 4.62. The van der Waals surface area contributed by atoms with Crippen LogP contribution in [0, 0.1) is 0 Å². The molecule has 0 saturated carbocycles. The van der Waals surface area contributed by atoms with Gasteiger partial charge in [-0.3, -0.25) is 4.79 Å². The van der Waals surface area contributed by atoms with Crippen molar-refractivity contribution in [1.82, 2.24) is 14.6 Å². The second-order valence-corrected chi connectivity index (χ2v) is 7.72. The van der Waals surface area contributed by atoms with Crippen molar-refractivity contribution in [2.75, 3.05) is 19.6 Å². The van der Waals surface area contributed by atoms with E-state index < -0.39 is 22.0 Å². The Morgan fingerprint density at radius 3 is 2.82 bits per heavy atom. The van der Waals surface area contributed by atoms with Crippen LogP contribution < -0.4 is 5.32 Å². The molecule has 0 radical (unpaired) electrons. The van der Waals surface area contributed by atoms with Crippen molar-refractivity contribution >= 4 is 50.0 Å². The van der Waals surface area contributed by atoms with E-state index in [0.29, 0.717) is 12.1 Å². The van der Waals surface area contributed by atoms with E-state index in [1.807, 2.05) is 6.07 Å². The van der Waals surface area contributed by atoms with Gasteiger partial charge < -0.3 is 10.4 Å². The Kier molecular flexibility index (Phi) is 5.03. The van der Waals surface area contributed by atoms with Crippen molar-refractivity contribution in [2.45, 2.75) is 10.4 Å². The Labute approximate surface area is 137 Å². The van der Waals surface area contributed by atoms with Crippen molar-refractivity contribution in [2.24, 2.45) is 0 Å². The van der Waals surface area contributed by atoms with Crippen LogP contribution in [0.5, 0.6) is 0 Å². The van der Waals surface area contributed by atoms with E-state index in [-0.39, 0.29) is 29.8 Å². The third-order valence-electron chi connectivity index (χ3n) is 3.28. The molecule has 22 heavy (non-hydrogen) atoms. The predicted molar refractivity (Wildman–Crippen MR) is 85.1 cm³/mol. The fourth-order valence-electron chi connectivity index (χ4n) is 2.25. The van der Waals surface area contributed by atoms with Crippen LogP contribution in [0.3, 0.4) is 0 Å². The number of aliphatic carboxylic acids is 1. The third-order valence-corrected chi connectivity index (χ3v) is 6.58. The zero-order chi connectivity index (χ0) is 15.0. The van der Waals surface area contributed by atoms with Crippen molar-refractivity contribution in [3.63, 3.8) is 0 Å². The van der Waals surface area contributed by atoms with Gasteiger partial charge in [0.25, 0.3) is 10.0 Å². The number of nitrogens with zero attached hydrogens (tertiary/aromatic N) is 2. The van der Waals surface area contributed by atoms with Crippen molar-refractivity contribution in [1.29, 1.82) is 0 Å². The molecule has 10 heteroatoms. The summed E-state index contributed by atoms with van der Waals surface area (Å²) in [6.07, 6.45) is 0. The number of carboxylic acid groups (broad SMARTS) is 1. The number of para-hydroxylation sites is 1. The number of nitrogens with one attached hydrogen (secondary N) is 1. The lowest BCUT2D eigenvalue weighted by Crippen LogP contribution is -2.56. The van der Waals surface area contributed by atoms with Crippen molar-refractivity contribution < 1.29 is 18.3 Å². The summed E-state index contributed by atoms with van der Waals surface area (Å²) in [5, 5.41) is 12.1. The molecule has 1 aromatic heterocycles. The number of fused-ring (bicyclic) bond motifs is 1. The van der Waals surface area contributed by atoms with Gasteiger partial charge in [-0.05, 0) is 12.1 Å². The molecule has 0 amide bonds. The summed E-state index contributed by atoms with van der Waals surface area (Å²) in [7, 11) is -3.90. The standard InChI is InChI=1S/C12H13N3O4S2.ClH/c16-11(17)9-7-13-5-6-15(9)21(18,19)12-14-8-3-1-2-4-10(8)20-12;/h1-4,9,13H,5-7H2,(H,16,17);1H. The van der Waals surface area contributed by atoms with Crippen molar-refractivity contribution in [3.05, 3.63) is 24.3 Å². The maximum Gasteiger partial charge on any atom is 0.323 e. The number of hydrogen-bond acceptors (Lipinski definition) is 6. The van der Waals surface area contributed by atoms with Crippen LogP contribution in [0.2, 0.25) is 0 Å². The summed E-state index contributed by atoms with van der Waals surface area (Å²) in [6.45, 7) is 0.641. The molecule has 2 N–H and O–H groups in total. The first kappa shape index (κ1) is 17.1. The zero-order valence-corrected chi connectivity index (χ0v) is 13.7. The smallest absolute Gasteiger partial charge is 0.323 e. The van der Waals surface area contributed by atoms with E-state index in [0.717, 1.165) is 20.3 Å². The molecule has 1 fully saturated rings. The number of aromatic nitrogens is 1. The third kappa shape index (κ3) is 2.95. The summed E-state index contributed by atoms with van der Waals surface area (Å²) in [4.78, 5) is 15.4. The molecular formula is C12H14ClN3O4S2. The molecule has 1 aliphatic rings. The Morgan fingerprint density at radius 2 is 2.14 bits per heavy atom. The number of hydrogen-bond donors (Lipinski definition) is 2. The lowest BCUT2D eigenvalue weighted by molar-refractivity contribution is -0.141. The number of carboxylic acids is 1. The number of thiazole rings is 1. The quantitative estimate of drug-likeness (QED) is 0.835. The normalized spacial score (nSPS) is 19.7. The van der Waals surface area contributed by atoms with Gasteiger partial charge in [0, 0.05) is 19.6 Å². The minimum Gasteiger partial charge on any atom is -0.480 e. The highest BCUT2D eigenvalue weighted by atomic mass is 35.5. The first-order valence-electron chi connectivity index (χ1n) is 6.31. The average molecular weight is 364 g/mol. The molecule has 1 atom stereocenters. The molecular weight excluding hydrogens is 350 g/mol. The van der Waals surface area contributed by atoms with Crippen LogP contribution in [0.25, 0.3) is 10.2 Å². The van der Waals surface area contributed by atoms with Gasteiger partial charge in [0.1, 0.15) is 6.04 Å². The van der Waals surface area contributed by atoms with Crippen LogP contribution >= 0.6 is 23.7 Å². The number of rotatable bonds is 3. The summed E-state index contributed by atoms with van der Waals surface area (Å²) in [6, 6.07) is 6.01. The highest BCUT2D eigenvalue weighted by Gasteiger charge is 2.39. The van der Waals surface area contributed by atoms with E-state index in [2.05, 4.69) is 10.3 Å². The molecule has 1 aromatic carbocycles. The molecule has 120 valence electrons. The molecule has 0 aliphatic carbocycles. The highest BCUT2D eigenvalue weighted by molar-refractivity contribution is 7.91. The minimum absolute atomic E-state index is 0. The van der Waals surface area contributed by atoms with Crippen LogP contribution in [0.15, 0.2) is 28.6 Å². The lowest BCUT2D eigenvalue weighted by Gasteiger charge is -2.31. The summed E-state index contributed by atoms with van der Waals surface area (Å²) >= 11 is 1.06. The summed E-state index contributed by atoms with van der Waals surface area (Å²) < 4.78 is 27.0. The Bertz CT molecular complexity index is 760. The van der Waals surface area contributed by atoms with Crippen LogP contribution in [0.4, 0.5) is 0 Å². The Balaban J connectivity index is 0.00000176. The average Bonchev–Trinajstić information content (AvgIpc) is 2.92. The molecule has 1 unspecified atom stereocenters. The van der Waals surface area contributed by atoms with E-state index in [4.69, 9.17) is 0 Å². The summed E-state index contributed by atoms with van der Waals surface area (Å²) in [5.41, 5.74) is 0.600. The fourth-order valence-corrected chi connectivity index (χ4v) is 5.17. The van der Waals surface area contributed by atoms with Gasteiger partial charge in [0.05, 0.1) is 10.2 Å². The second kappa shape index (κ2) is 6.47. The first-order chi connectivity index (χ1) is 10.00.